The number of hydrogen-bond acceptors (Lipinski definition) is 3. The second-order valence-electron chi connectivity index (χ2n) is 3.61. The van der Waals surface area contributed by atoms with Crippen molar-refractivity contribution < 1.29 is 9.59 Å². The van der Waals surface area contributed by atoms with Gasteiger partial charge in [0.25, 0.3) is 0 Å². The lowest BCUT2D eigenvalue weighted by Crippen LogP contribution is -2.57. The number of rotatable bonds is 4. The van der Waals surface area contributed by atoms with Gasteiger partial charge in [0.1, 0.15) is 0 Å². The number of carbonyl (C=O) groups excluding carboxylic acids is 2. The summed E-state index contributed by atoms with van der Waals surface area (Å²) in [5, 5.41) is 2.34. The number of piperazine rings is 1. The second kappa shape index (κ2) is 5.52. The molecular weight excluding hydrogens is 192 g/mol. The van der Waals surface area contributed by atoms with E-state index in [0.29, 0.717) is 19.5 Å². The molecule has 0 saturated carbocycles. The average molecular weight is 208 g/mol. The molecule has 0 aromatic carbocycles. The highest BCUT2D eigenvalue weighted by Gasteiger charge is 2.31. The molecule has 1 rings (SSSR count). The van der Waals surface area contributed by atoms with Crippen molar-refractivity contribution in [2.45, 2.75) is 32.2 Å². The minimum Gasteiger partial charge on any atom is -0.294 e. The van der Waals surface area contributed by atoms with E-state index >= 15 is 0 Å². The molecule has 2 amide bonds. The van der Waals surface area contributed by atoms with E-state index in [9.17, 15) is 9.59 Å². The molecule has 82 valence electrons. The maximum absolute atomic E-state index is 11.5. The van der Waals surface area contributed by atoms with Gasteiger partial charge in [0, 0.05) is 13.0 Å². The van der Waals surface area contributed by atoms with E-state index in [-0.39, 0.29) is 17.9 Å². The molecule has 1 fully saturated rings. The molecule has 1 unspecified atom stereocenters. The van der Waals surface area contributed by atoms with Crippen LogP contribution in [0.5, 0.6) is 0 Å². The summed E-state index contributed by atoms with van der Waals surface area (Å²) in [6.45, 7) is 2.95. The van der Waals surface area contributed by atoms with Crippen LogP contribution < -0.4 is 5.32 Å². The molecular formula is C11H16N2O2. The quantitative estimate of drug-likeness (QED) is 0.406. The monoisotopic (exact) mass is 208 g/mol. The summed E-state index contributed by atoms with van der Waals surface area (Å²) in [4.78, 5) is 24.5. The molecule has 1 aliphatic heterocycles. The van der Waals surface area contributed by atoms with Crippen molar-refractivity contribution >= 4 is 11.8 Å². The van der Waals surface area contributed by atoms with Gasteiger partial charge >= 0.3 is 0 Å². The summed E-state index contributed by atoms with van der Waals surface area (Å²) >= 11 is 0. The molecule has 15 heavy (non-hydrogen) atoms. The molecule has 0 aromatic rings. The van der Waals surface area contributed by atoms with Gasteiger partial charge in [-0.1, -0.05) is 6.92 Å². The lowest BCUT2D eigenvalue weighted by Gasteiger charge is -2.33. The molecule has 4 heteroatoms. The van der Waals surface area contributed by atoms with Gasteiger partial charge in [-0.05, 0) is 12.8 Å². The van der Waals surface area contributed by atoms with E-state index in [0.717, 1.165) is 12.8 Å². The van der Waals surface area contributed by atoms with Gasteiger partial charge in [-0.25, -0.2) is 0 Å². The lowest BCUT2D eigenvalue weighted by atomic mass is 10.1. The summed E-state index contributed by atoms with van der Waals surface area (Å²) in [6, 6.07) is -0.180. The molecule has 4 nitrogen and oxygen atoms in total. The molecule has 0 spiro atoms. The standard InChI is InChI=1S/C11H16N2O2/c1-3-5-6-7-13-8-10(14)12-11(15)9(13)4-2/h1,9H,4-8H2,2H3,(H,12,14,15). The first kappa shape index (κ1) is 11.7. The molecule has 0 radical (unpaired) electrons. The largest absolute Gasteiger partial charge is 0.294 e. The van der Waals surface area contributed by atoms with Crippen molar-refractivity contribution in [3.05, 3.63) is 0 Å². The van der Waals surface area contributed by atoms with Crippen molar-refractivity contribution in [3.8, 4) is 12.3 Å². The van der Waals surface area contributed by atoms with Crippen LogP contribution in [0, 0.1) is 12.3 Å². The SMILES string of the molecule is C#CCCCN1CC(=O)NC(=O)C1CC. The number of amides is 2. The van der Waals surface area contributed by atoms with Crippen molar-refractivity contribution in [1.29, 1.82) is 0 Å². The number of carbonyl (C=O) groups is 2. The van der Waals surface area contributed by atoms with Crippen LogP contribution in [0.3, 0.4) is 0 Å². The molecule has 0 bridgehead atoms. The fourth-order valence-corrected chi connectivity index (χ4v) is 1.78. The number of nitrogens with one attached hydrogen (secondary N) is 1. The maximum atomic E-state index is 11.5. The normalized spacial score (nSPS) is 22.3. The first-order valence-electron chi connectivity index (χ1n) is 5.20. The van der Waals surface area contributed by atoms with Crippen molar-refractivity contribution in [1.82, 2.24) is 10.2 Å². The third-order valence-electron chi connectivity index (χ3n) is 2.51. The highest BCUT2D eigenvalue weighted by Crippen LogP contribution is 2.09. The predicted molar refractivity (Wildman–Crippen MR) is 56.9 cm³/mol. The summed E-state index contributed by atoms with van der Waals surface area (Å²) in [6.07, 6.45) is 7.38. The first-order chi connectivity index (χ1) is 7.19. The van der Waals surface area contributed by atoms with Gasteiger partial charge in [0.2, 0.25) is 11.8 Å². The Kier molecular flexibility index (Phi) is 4.32. The van der Waals surface area contributed by atoms with Gasteiger partial charge < -0.3 is 0 Å². The van der Waals surface area contributed by atoms with Crippen molar-refractivity contribution in [2.24, 2.45) is 0 Å². The molecule has 0 aliphatic carbocycles. The van der Waals surface area contributed by atoms with Crippen molar-refractivity contribution in [3.63, 3.8) is 0 Å². The Bertz CT molecular complexity index is 293. The van der Waals surface area contributed by atoms with Gasteiger partial charge in [-0.3, -0.25) is 19.8 Å². The van der Waals surface area contributed by atoms with Gasteiger partial charge in [0.05, 0.1) is 12.6 Å². The van der Waals surface area contributed by atoms with Crippen LogP contribution in [0.4, 0.5) is 0 Å². The highest BCUT2D eigenvalue weighted by atomic mass is 16.2. The first-order valence-corrected chi connectivity index (χ1v) is 5.20. The van der Waals surface area contributed by atoms with Crippen LogP contribution in [-0.4, -0.2) is 35.8 Å². The molecule has 0 aromatic heterocycles. The van der Waals surface area contributed by atoms with Gasteiger partial charge in [0.15, 0.2) is 0 Å². The Balaban J connectivity index is 2.54. The zero-order valence-electron chi connectivity index (χ0n) is 8.95. The fourth-order valence-electron chi connectivity index (χ4n) is 1.78. The van der Waals surface area contributed by atoms with Gasteiger partial charge in [-0.15, -0.1) is 12.3 Å². The lowest BCUT2D eigenvalue weighted by molar-refractivity contribution is -0.140. The minimum atomic E-state index is -0.217. The van der Waals surface area contributed by atoms with Crippen LogP contribution in [-0.2, 0) is 9.59 Å². The minimum absolute atomic E-state index is 0.180. The van der Waals surface area contributed by atoms with Crippen LogP contribution in [0.25, 0.3) is 0 Å². The van der Waals surface area contributed by atoms with E-state index in [2.05, 4.69) is 11.2 Å². The van der Waals surface area contributed by atoms with Crippen LogP contribution in [0.1, 0.15) is 26.2 Å². The summed E-state index contributed by atoms with van der Waals surface area (Å²) in [7, 11) is 0. The van der Waals surface area contributed by atoms with E-state index in [4.69, 9.17) is 6.42 Å². The number of hydrogen-bond donors (Lipinski definition) is 1. The Morgan fingerprint density at radius 2 is 2.33 bits per heavy atom. The topological polar surface area (TPSA) is 49.4 Å². The van der Waals surface area contributed by atoms with E-state index in [1.54, 1.807) is 0 Å². The third kappa shape index (κ3) is 3.07. The van der Waals surface area contributed by atoms with Crippen LogP contribution in [0.15, 0.2) is 0 Å². The molecule has 1 saturated heterocycles. The second-order valence-corrected chi connectivity index (χ2v) is 3.61. The molecule has 1 atom stereocenters. The van der Waals surface area contributed by atoms with Crippen molar-refractivity contribution in [2.75, 3.05) is 13.1 Å². The van der Waals surface area contributed by atoms with E-state index < -0.39 is 0 Å². The average Bonchev–Trinajstić information content (AvgIpc) is 2.17. The summed E-state index contributed by atoms with van der Waals surface area (Å²) in [5.74, 6) is 2.15. The smallest absolute Gasteiger partial charge is 0.243 e. The number of imide groups is 1. The third-order valence-corrected chi connectivity index (χ3v) is 2.51. The highest BCUT2D eigenvalue weighted by molar-refractivity contribution is 6.01. The Hall–Kier alpha value is -1.34. The Labute approximate surface area is 90.0 Å². The zero-order valence-corrected chi connectivity index (χ0v) is 8.95. The Morgan fingerprint density at radius 3 is 2.93 bits per heavy atom. The van der Waals surface area contributed by atoms with Crippen LogP contribution in [0.2, 0.25) is 0 Å². The molecule has 1 heterocycles. The Morgan fingerprint density at radius 1 is 1.60 bits per heavy atom. The number of nitrogens with zero attached hydrogens (tertiary/aromatic N) is 1. The van der Waals surface area contributed by atoms with Crippen LogP contribution >= 0.6 is 0 Å². The van der Waals surface area contributed by atoms with Gasteiger partial charge in [-0.2, -0.15) is 0 Å². The van der Waals surface area contributed by atoms with E-state index in [1.165, 1.54) is 0 Å². The number of unbranched alkanes of at least 4 members (excludes halogenated alkanes) is 1. The molecule has 1 N–H and O–H groups in total. The van der Waals surface area contributed by atoms with E-state index in [1.807, 2.05) is 11.8 Å². The molecule has 1 aliphatic rings. The predicted octanol–water partition coefficient (Wildman–Crippen LogP) is 0.137. The number of terminal acetylenes is 1. The fraction of sp³-hybridized carbons (Fsp3) is 0.636. The maximum Gasteiger partial charge on any atom is 0.243 e. The summed E-state index contributed by atoms with van der Waals surface area (Å²) < 4.78 is 0. The zero-order chi connectivity index (χ0) is 11.3. The summed E-state index contributed by atoms with van der Waals surface area (Å²) in [5.41, 5.74) is 0.